The summed E-state index contributed by atoms with van der Waals surface area (Å²) < 4.78 is 33.8. The van der Waals surface area contributed by atoms with E-state index in [-0.39, 0.29) is 22.1 Å². The zero-order valence-electron chi connectivity index (χ0n) is 15.5. The molecule has 9 nitrogen and oxygen atoms in total. The van der Waals surface area contributed by atoms with Gasteiger partial charge in [-0.25, -0.2) is 13.1 Å². The normalized spacial score (nSPS) is 16.0. The van der Waals surface area contributed by atoms with Gasteiger partial charge < -0.3 is 14.6 Å². The van der Waals surface area contributed by atoms with Crippen LogP contribution >= 0.6 is 0 Å². The lowest BCUT2D eigenvalue weighted by atomic mass is 10.2. The number of anilines is 1. The Morgan fingerprint density at radius 1 is 1.25 bits per heavy atom. The summed E-state index contributed by atoms with van der Waals surface area (Å²) in [7, 11) is -2.79. The molecule has 2 N–H and O–H groups in total. The van der Waals surface area contributed by atoms with Crippen LogP contribution in [0.1, 0.15) is 29.4 Å². The van der Waals surface area contributed by atoms with Gasteiger partial charge in [0.1, 0.15) is 11.3 Å². The maximum absolute atomic E-state index is 12.6. The highest BCUT2D eigenvalue weighted by atomic mass is 32.2. The van der Waals surface area contributed by atoms with Crippen LogP contribution < -0.4 is 20.3 Å². The second kappa shape index (κ2) is 7.12. The Morgan fingerprint density at radius 3 is 2.64 bits per heavy atom. The van der Waals surface area contributed by atoms with E-state index in [0.717, 1.165) is 0 Å². The summed E-state index contributed by atoms with van der Waals surface area (Å²) in [5.41, 5.74) is -0.0852. The molecule has 1 aromatic heterocycles. The molecule has 2 heterocycles. The van der Waals surface area contributed by atoms with E-state index in [1.807, 2.05) is 4.72 Å². The molecular weight excluding hydrogens is 386 g/mol. The Hall–Kier alpha value is -3.14. The van der Waals surface area contributed by atoms with E-state index in [1.165, 1.54) is 35.9 Å². The summed E-state index contributed by atoms with van der Waals surface area (Å²) in [6, 6.07) is 6.67. The van der Waals surface area contributed by atoms with Crippen LogP contribution in [0.2, 0.25) is 0 Å². The highest BCUT2D eigenvalue weighted by Crippen LogP contribution is 2.32. The monoisotopic (exact) mass is 405 g/mol. The Balaban J connectivity index is 1.89. The number of hydrogen-bond acceptors (Lipinski definition) is 6. The summed E-state index contributed by atoms with van der Waals surface area (Å²) in [6.07, 6.45) is -0.181. The summed E-state index contributed by atoms with van der Waals surface area (Å²) in [4.78, 5) is 36.2. The third kappa shape index (κ3) is 3.50. The number of rotatable bonds is 4. The molecule has 10 heteroatoms. The van der Waals surface area contributed by atoms with Gasteiger partial charge in [0.15, 0.2) is 6.10 Å². The number of hydrogen-bond donors (Lipinski definition) is 2. The van der Waals surface area contributed by atoms with Crippen molar-refractivity contribution in [1.82, 2.24) is 9.29 Å². The van der Waals surface area contributed by atoms with Crippen LogP contribution in [-0.2, 0) is 21.9 Å². The smallest absolute Gasteiger partial charge is 0.270 e. The van der Waals surface area contributed by atoms with E-state index in [9.17, 15) is 22.8 Å². The van der Waals surface area contributed by atoms with Gasteiger partial charge in [-0.1, -0.05) is 6.92 Å². The maximum Gasteiger partial charge on any atom is 0.270 e. The van der Waals surface area contributed by atoms with Crippen molar-refractivity contribution in [3.8, 4) is 5.75 Å². The van der Waals surface area contributed by atoms with Crippen molar-refractivity contribution in [2.75, 3.05) is 5.32 Å². The highest BCUT2D eigenvalue weighted by molar-refractivity contribution is 7.90. The molecule has 0 aliphatic carbocycles. The van der Waals surface area contributed by atoms with Gasteiger partial charge in [0.2, 0.25) is 0 Å². The van der Waals surface area contributed by atoms with Crippen LogP contribution in [0.5, 0.6) is 5.75 Å². The van der Waals surface area contributed by atoms with Gasteiger partial charge in [-0.2, -0.15) is 0 Å². The standard InChI is InChI=1S/C18H19N3O6S/c1-4-14-17(23)19-13-9-11(6-8-15(13)27-14)28(25,26)20-16(22)12-7-5-10(2)21(3)18(12)24/h5-9,14H,4H2,1-3H3,(H,19,23)(H,20,22)/t14-/m1/s1. The van der Waals surface area contributed by atoms with Gasteiger partial charge in [0.05, 0.1) is 10.6 Å². The molecule has 3 rings (SSSR count). The van der Waals surface area contributed by atoms with Crippen LogP contribution in [0.15, 0.2) is 40.0 Å². The fraction of sp³-hybridized carbons (Fsp3) is 0.278. The number of pyridine rings is 1. The van der Waals surface area contributed by atoms with Gasteiger partial charge in [-0.15, -0.1) is 0 Å². The molecule has 148 valence electrons. The second-order valence-electron chi connectivity index (χ2n) is 6.35. The molecule has 0 saturated heterocycles. The van der Waals surface area contributed by atoms with E-state index in [0.29, 0.717) is 17.9 Å². The number of aromatic nitrogens is 1. The van der Waals surface area contributed by atoms with E-state index < -0.39 is 27.6 Å². The van der Waals surface area contributed by atoms with Gasteiger partial charge >= 0.3 is 0 Å². The molecule has 0 saturated carbocycles. The molecule has 28 heavy (non-hydrogen) atoms. The summed E-state index contributed by atoms with van der Waals surface area (Å²) in [6.45, 7) is 3.48. The minimum atomic E-state index is -4.27. The van der Waals surface area contributed by atoms with Crippen LogP contribution in [0.3, 0.4) is 0 Å². The van der Waals surface area contributed by atoms with Gasteiger partial charge in [-0.3, -0.25) is 14.4 Å². The first-order valence-electron chi connectivity index (χ1n) is 8.49. The van der Waals surface area contributed by atoms with Crippen LogP contribution in [-0.4, -0.2) is 30.9 Å². The lowest BCUT2D eigenvalue weighted by molar-refractivity contribution is -0.123. The third-order valence-electron chi connectivity index (χ3n) is 4.48. The molecule has 2 aromatic rings. The third-order valence-corrected chi connectivity index (χ3v) is 5.81. The number of aryl methyl sites for hydroxylation is 1. The second-order valence-corrected chi connectivity index (χ2v) is 8.03. The van der Waals surface area contributed by atoms with Crippen molar-refractivity contribution in [1.29, 1.82) is 0 Å². The van der Waals surface area contributed by atoms with Gasteiger partial charge in [-0.05, 0) is 43.7 Å². The average Bonchev–Trinajstić information content (AvgIpc) is 2.64. The highest BCUT2D eigenvalue weighted by Gasteiger charge is 2.28. The molecule has 1 atom stereocenters. The predicted octanol–water partition coefficient (Wildman–Crippen LogP) is 0.922. The van der Waals surface area contributed by atoms with Crippen molar-refractivity contribution in [2.45, 2.75) is 31.3 Å². The predicted molar refractivity (Wildman–Crippen MR) is 101 cm³/mol. The molecule has 0 radical (unpaired) electrons. The molecule has 0 unspecified atom stereocenters. The summed E-state index contributed by atoms with van der Waals surface area (Å²) in [5.74, 6) is -1.08. The topological polar surface area (TPSA) is 124 Å². The summed E-state index contributed by atoms with van der Waals surface area (Å²) >= 11 is 0. The number of fused-ring (bicyclic) bond motifs is 1. The molecule has 2 amide bonds. The first kappa shape index (κ1) is 19.6. The molecular formula is C18H19N3O6S. The van der Waals surface area contributed by atoms with E-state index in [2.05, 4.69) is 5.32 Å². The minimum Gasteiger partial charge on any atom is -0.478 e. The Labute approximate surface area is 161 Å². The average molecular weight is 405 g/mol. The Kier molecular flexibility index (Phi) is 4.99. The fourth-order valence-electron chi connectivity index (χ4n) is 2.70. The SMILES string of the molecule is CC[C@H]1Oc2ccc(S(=O)(=O)NC(=O)c3ccc(C)n(C)c3=O)cc2NC1=O. The van der Waals surface area contributed by atoms with Crippen molar-refractivity contribution < 1.29 is 22.7 Å². The molecule has 0 spiro atoms. The molecule has 1 aliphatic heterocycles. The quantitative estimate of drug-likeness (QED) is 0.780. The van der Waals surface area contributed by atoms with E-state index in [4.69, 9.17) is 4.74 Å². The minimum absolute atomic E-state index is 0.191. The number of carbonyl (C=O) groups excluding carboxylic acids is 2. The van der Waals surface area contributed by atoms with Crippen LogP contribution in [0.25, 0.3) is 0 Å². The van der Waals surface area contributed by atoms with Crippen LogP contribution in [0.4, 0.5) is 5.69 Å². The molecule has 1 aromatic carbocycles. The van der Waals surface area contributed by atoms with Crippen molar-refractivity contribution in [3.05, 3.63) is 51.9 Å². The number of ether oxygens (including phenoxy) is 1. The largest absolute Gasteiger partial charge is 0.478 e. The number of amides is 2. The van der Waals surface area contributed by atoms with Crippen molar-refractivity contribution >= 4 is 27.5 Å². The molecule has 0 bridgehead atoms. The number of benzene rings is 1. The van der Waals surface area contributed by atoms with E-state index in [1.54, 1.807) is 19.9 Å². The van der Waals surface area contributed by atoms with E-state index >= 15 is 0 Å². The summed E-state index contributed by atoms with van der Waals surface area (Å²) in [5, 5.41) is 2.59. The molecule has 1 aliphatic rings. The van der Waals surface area contributed by atoms with Gasteiger partial charge in [0, 0.05) is 12.7 Å². The maximum atomic E-state index is 12.6. The fourth-order valence-corrected chi connectivity index (χ4v) is 3.69. The zero-order chi connectivity index (χ0) is 20.6. The van der Waals surface area contributed by atoms with Crippen molar-refractivity contribution in [2.24, 2.45) is 7.05 Å². The van der Waals surface area contributed by atoms with Crippen molar-refractivity contribution in [3.63, 3.8) is 0 Å². The Bertz CT molecular complexity index is 1140. The first-order chi connectivity index (χ1) is 13.1. The zero-order valence-corrected chi connectivity index (χ0v) is 16.3. The number of sulfonamides is 1. The number of carbonyl (C=O) groups is 2. The van der Waals surface area contributed by atoms with Gasteiger partial charge in [0.25, 0.3) is 27.4 Å². The molecule has 0 fully saturated rings. The first-order valence-corrected chi connectivity index (χ1v) is 9.97. The lowest BCUT2D eigenvalue weighted by Gasteiger charge is -2.25. The van der Waals surface area contributed by atoms with Crippen LogP contribution in [0, 0.1) is 6.92 Å². The number of nitrogens with one attached hydrogen (secondary N) is 2. The number of nitrogens with zero attached hydrogens (tertiary/aromatic N) is 1. The lowest BCUT2D eigenvalue weighted by Crippen LogP contribution is -2.37. The Morgan fingerprint density at radius 2 is 1.96 bits per heavy atom.